The molecule has 1 N–H and O–H groups in total. The summed E-state index contributed by atoms with van der Waals surface area (Å²) in [7, 11) is 0. The lowest BCUT2D eigenvalue weighted by Crippen LogP contribution is -2.32. The molecule has 1 nitrogen and oxygen atoms in total. The molecule has 0 spiro atoms. The molecule has 1 unspecified atom stereocenters. The Balaban J connectivity index is 2.55. The molecule has 1 aromatic rings. The number of nitrogens with one attached hydrogen (secondary N) is 1. The molecule has 0 amide bonds. The first-order valence-corrected chi connectivity index (χ1v) is 6.53. The van der Waals surface area contributed by atoms with Crippen molar-refractivity contribution >= 4 is 0 Å². The molecule has 0 aliphatic heterocycles. The zero-order valence-electron chi connectivity index (χ0n) is 12.0. The average Bonchev–Trinajstić information content (AvgIpc) is 2.21. The molecule has 108 valence electrons. The number of aryl methyl sites for hydroxylation is 3. The molecule has 1 aromatic carbocycles. The number of halogens is 3. The highest BCUT2D eigenvalue weighted by Gasteiger charge is 2.26. The largest absolute Gasteiger partial charge is 0.401 e. The van der Waals surface area contributed by atoms with E-state index in [4.69, 9.17) is 0 Å². The van der Waals surface area contributed by atoms with Gasteiger partial charge >= 0.3 is 6.18 Å². The third kappa shape index (κ3) is 5.64. The van der Waals surface area contributed by atoms with Gasteiger partial charge in [-0.15, -0.1) is 0 Å². The van der Waals surface area contributed by atoms with Gasteiger partial charge in [0.05, 0.1) is 6.54 Å². The smallest absolute Gasteiger partial charge is 0.308 e. The molecule has 0 saturated heterocycles. The Kier molecular flexibility index (Phi) is 5.41. The van der Waals surface area contributed by atoms with E-state index in [1.54, 1.807) is 0 Å². The highest BCUT2D eigenvalue weighted by Crippen LogP contribution is 2.20. The van der Waals surface area contributed by atoms with E-state index in [2.05, 4.69) is 38.2 Å². The summed E-state index contributed by atoms with van der Waals surface area (Å²) in [5.74, 6) is 0.183. The summed E-state index contributed by atoms with van der Waals surface area (Å²) in [4.78, 5) is 0. The van der Waals surface area contributed by atoms with Gasteiger partial charge in [-0.05, 0) is 56.3 Å². The number of hydrogen-bond donors (Lipinski definition) is 1. The van der Waals surface area contributed by atoms with Gasteiger partial charge < -0.3 is 5.32 Å². The average molecular weight is 273 g/mol. The van der Waals surface area contributed by atoms with Crippen molar-refractivity contribution in [2.45, 2.75) is 40.3 Å². The molecule has 0 aliphatic carbocycles. The van der Waals surface area contributed by atoms with E-state index in [-0.39, 0.29) is 5.92 Å². The fraction of sp³-hybridized carbons (Fsp3) is 0.600. The topological polar surface area (TPSA) is 12.0 Å². The van der Waals surface area contributed by atoms with Gasteiger partial charge in [-0.2, -0.15) is 13.2 Å². The van der Waals surface area contributed by atoms with Crippen molar-refractivity contribution in [3.8, 4) is 0 Å². The van der Waals surface area contributed by atoms with Gasteiger partial charge in [-0.3, -0.25) is 0 Å². The maximum absolute atomic E-state index is 12.0. The van der Waals surface area contributed by atoms with Gasteiger partial charge in [0.1, 0.15) is 0 Å². The zero-order chi connectivity index (χ0) is 14.6. The lowest BCUT2D eigenvalue weighted by atomic mass is 9.92. The van der Waals surface area contributed by atoms with Crippen molar-refractivity contribution in [3.63, 3.8) is 0 Å². The van der Waals surface area contributed by atoms with Gasteiger partial charge in [-0.1, -0.05) is 24.6 Å². The van der Waals surface area contributed by atoms with E-state index >= 15 is 0 Å². The summed E-state index contributed by atoms with van der Waals surface area (Å²) < 4.78 is 36.1. The minimum atomic E-state index is -4.13. The van der Waals surface area contributed by atoms with Crippen LogP contribution in [0.5, 0.6) is 0 Å². The second kappa shape index (κ2) is 6.42. The van der Waals surface area contributed by atoms with Crippen LogP contribution in [0.25, 0.3) is 0 Å². The number of hydrogen-bond acceptors (Lipinski definition) is 1. The molecule has 0 aromatic heterocycles. The van der Waals surface area contributed by atoms with Crippen LogP contribution in [0, 0.1) is 26.7 Å². The second-order valence-corrected chi connectivity index (χ2v) is 5.43. The van der Waals surface area contributed by atoms with Gasteiger partial charge in [0, 0.05) is 0 Å². The van der Waals surface area contributed by atoms with Crippen molar-refractivity contribution in [1.29, 1.82) is 0 Å². The lowest BCUT2D eigenvalue weighted by molar-refractivity contribution is -0.125. The highest BCUT2D eigenvalue weighted by molar-refractivity contribution is 5.37. The second-order valence-electron chi connectivity index (χ2n) is 5.43. The number of alkyl halides is 3. The van der Waals surface area contributed by atoms with E-state index < -0.39 is 12.7 Å². The zero-order valence-corrected chi connectivity index (χ0v) is 12.0. The molecule has 0 heterocycles. The fourth-order valence-electron chi connectivity index (χ4n) is 2.41. The van der Waals surface area contributed by atoms with E-state index in [0.29, 0.717) is 6.54 Å². The molecule has 19 heavy (non-hydrogen) atoms. The van der Waals surface area contributed by atoms with E-state index in [9.17, 15) is 13.2 Å². The van der Waals surface area contributed by atoms with Crippen LogP contribution in [0.2, 0.25) is 0 Å². The van der Waals surface area contributed by atoms with Gasteiger partial charge in [0.25, 0.3) is 0 Å². The minimum absolute atomic E-state index is 0.183. The molecule has 0 fully saturated rings. The van der Waals surface area contributed by atoms with Crippen LogP contribution in [0.1, 0.15) is 29.2 Å². The Bertz CT molecular complexity index is 401. The third-order valence-corrected chi connectivity index (χ3v) is 3.21. The fourth-order valence-corrected chi connectivity index (χ4v) is 2.41. The summed E-state index contributed by atoms with van der Waals surface area (Å²) >= 11 is 0. The van der Waals surface area contributed by atoms with Crippen LogP contribution in [-0.2, 0) is 6.42 Å². The van der Waals surface area contributed by atoms with Gasteiger partial charge in [-0.25, -0.2) is 0 Å². The maximum Gasteiger partial charge on any atom is 0.401 e. The van der Waals surface area contributed by atoms with Crippen LogP contribution >= 0.6 is 0 Å². The van der Waals surface area contributed by atoms with Crippen molar-refractivity contribution < 1.29 is 13.2 Å². The molecule has 1 rings (SSSR count). The molecular formula is C15H22F3N. The molecule has 1 atom stereocenters. The molecule has 0 radical (unpaired) electrons. The van der Waals surface area contributed by atoms with Gasteiger partial charge in [0.15, 0.2) is 0 Å². The van der Waals surface area contributed by atoms with Gasteiger partial charge in [0.2, 0.25) is 0 Å². The number of benzene rings is 1. The predicted molar refractivity (Wildman–Crippen MR) is 72.4 cm³/mol. The van der Waals surface area contributed by atoms with Crippen LogP contribution in [0.15, 0.2) is 12.1 Å². The van der Waals surface area contributed by atoms with Crippen molar-refractivity contribution in [2.75, 3.05) is 13.1 Å². The highest BCUT2D eigenvalue weighted by atomic mass is 19.4. The monoisotopic (exact) mass is 273 g/mol. The van der Waals surface area contributed by atoms with Crippen molar-refractivity contribution in [1.82, 2.24) is 5.32 Å². The Morgan fingerprint density at radius 2 is 1.63 bits per heavy atom. The molecule has 0 bridgehead atoms. The minimum Gasteiger partial charge on any atom is -0.308 e. The van der Waals surface area contributed by atoms with E-state index in [0.717, 1.165) is 6.42 Å². The van der Waals surface area contributed by atoms with Crippen molar-refractivity contribution in [2.24, 2.45) is 5.92 Å². The predicted octanol–water partition coefficient (Wildman–Crippen LogP) is 3.94. The molecular weight excluding hydrogens is 251 g/mol. The first kappa shape index (κ1) is 16.0. The lowest BCUT2D eigenvalue weighted by Gasteiger charge is -2.17. The Hall–Kier alpha value is -1.03. The van der Waals surface area contributed by atoms with Crippen LogP contribution < -0.4 is 5.32 Å². The first-order chi connectivity index (χ1) is 8.69. The van der Waals surface area contributed by atoms with E-state index in [1.165, 1.54) is 22.3 Å². The van der Waals surface area contributed by atoms with Crippen molar-refractivity contribution in [3.05, 3.63) is 34.4 Å². The summed E-state index contributed by atoms with van der Waals surface area (Å²) in [5.41, 5.74) is 4.92. The SMILES string of the molecule is Cc1cc(C)c(CC(C)CNCC(F)(F)F)c(C)c1. The van der Waals surface area contributed by atoms with Crippen LogP contribution in [-0.4, -0.2) is 19.3 Å². The Morgan fingerprint density at radius 3 is 2.11 bits per heavy atom. The standard InChI is InChI=1S/C15H22F3N/c1-10-5-12(3)14(13(4)6-10)7-11(2)8-19-9-15(16,17)18/h5-6,11,19H,7-9H2,1-4H3. The molecule has 0 aliphatic rings. The maximum atomic E-state index is 12.0. The van der Waals surface area contributed by atoms with Crippen LogP contribution in [0.4, 0.5) is 13.2 Å². The molecule has 4 heteroatoms. The van der Waals surface area contributed by atoms with E-state index in [1.807, 2.05) is 6.92 Å². The Morgan fingerprint density at radius 1 is 1.11 bits per heavy atom. The third-order valence-electron chi connectivity index (χ3n) is 3.21. The molecule has 0 saturated carbocycles. The first-order valence-electron chi connectivity index (χ1n) is 6.53. The summed E-state index contributed by atoms with van der Waals surface area (Å²) in [6.45, 7) is 7.62. The Labute approximate surface area is 113 Å². The summed E-state index contributed by atoms with van der Waals surface area (Å²) in [6.07, 6.45) is -3.32. The quantitative estimate of drug-likeness (QED) is 0.856. The summed E-state index contributed by atoms with van der Waals surface area (Å²) in [5, 5.41) is 2.47. The normalized spacial score (nSPS) is 13.6. The number of rotatable bonds is 5. The van der Waals surface area contributed by atoms with Crippen LogP contribution in [0.3, 0.4) is 0 Å². The summed E-state index contributed by atoms with van der Waals surface area (Å²) in [6, 6.07) is 4.25.